The van der Waals surface area contributed by atoms with E-state index in [-0.39, 0.29) is 11.9 Å². The highest BCUT2D eigenvalue weighted by Crippen LogP contribution is 2.26. The molecule has 0 bridgehead atoms. The van der Waals surface area contributed by atoms with E-state index in [0.29, 0.717) is 6.42 Å². The van der Waals surface area contributed by atoms with E-state index in [0.717, 1.165) is 24.2 Å². The van der Waals surface area contributed by atoms with Crippen LogP contribution < -0.4 is 10.1 Å². The van der Waals surface area contributed by atoms with Gasteiger partial charge in [-0.05, 0) is 74.8 Å². The van der Waals surface area contributed by atoms with Crippen molar-refractivity contribution in [1.82, 2.24) is 5.32 Å². The van der Waals surface area contributed by atoms with Crippen molar-refractivity contribution in [2.75, 3.05) is 0 Å². The Bertz CT molecular complexity index is 751. The van der Waals surface area contributed by atoms with E-state index >= 15 is 0 Å². The van der Waals surface area contributed by atoms with Crippen LogP contribution in [0.5, 0.6) is 5.75 Å². The molecule has 0 aromatic heterocycles. The molecule has 0 fully saturated rings. The van der Waals surface area contributed by atoms with Crippen LogP contribution in [0.15, 0.2) is 42.5 Å². The number of nitrogens with one attached hydrogen (secondary N) is 1. The topological polar surface area (TPSA) is 38.3 Å². The predicted octanol–water partition coefficient (Wildman–Crippen LogP) is 4.91. The summed E-state index contributed by atoms with van der Waals surface area (Å²) in [6.07, 6.45) is 4.95. The second-order valence-corrected chi connectivity index (χ2v) is 7.29. The van der Waals surface area contributed by atoms with E-state index in [1.165, 1.54) is 29.5 Å². The number of aryl methyl sites for hydroxylation is 3. The highest BCUT2D eigenvalue weighted by atomic mass is 16.5. The van der Waals surface area contributed by atoms with E-state index in [2.05, 4.69) is 48.6 Å². The second kappa shape index (κ2) is 8.39. The van der Waals surface area contributed by atoms with Gasteiger partial charge in [0.05, 0.1) is 6.04 Å². The quantitative estimate of drug-likeness (QED) is 0.803. The molecule has 0 saturated heterocycles. The van der Waals surface area contributed by atoms with Crippen molar-refractivity contribution < 1.29 is 9.53 Å². The summed E-state index contributed by atoms with van der Waals surface area (Å²) in [5.41, 5.74) is 5.12. The Kier molecular flexibility index (Phi) is 5.97. The molecule has 138 valence electrons. The fraction of sp³-hybridized carbons (Fsp3) is 0.435. The molecule has 2 aromatic rings. The molecule has 3 heteroatoms. The third-order valence-electron chi connectivity index (χ3n) is 5.20. The highest BCUT2D eigenvalue weighted by Gasteiger charge is 2.21. The van der Waals surface area contributed by atoms with Crippen LogP contribution in [0, 0.1) is 6.92 Å². The number of carbonyl (C=O) groups excluding carboxylic acids is 1. The van der Waals surface area contributed by atoms with Gasteiger partial charge in [0.2, 0.25) is 0 Å². The molecular weight excluding hydrogens is 322 g/mol. The number of rotatable bonds is 6. The zero-order valence-electron chi connectivity index (χ0n) is 16.0. The first-order valence-electron chi connectivity index (χ1n) is 9.72. The average Bonchev–Trinajstić information content (AvgIpc) is 2.66. The van der Waals surface area contributed by atoms with Crippen molar-refractivity contribution in [3.63, 3.8) is 0 Å². The van der Waals surface area contributed by atoms with Crippen molar-refractivity contribution in [2.24, 2.45) is 0 Å². The van der Waals surface area contributed by atoms with Gasteiger partial charge in [-0.1, -0.05) is 42.8 Å². The molecule has 1 aliphatic carbocycles. The maximum atomic E-state index is 12.7. The molecule has 1 aliphatic rings. The van der Waals surface area contributed by atoms with E-state index in [9.17, 15) is 4.79 Å². The molecule has 1 amide bonds. The van der Waals surface area contributed by atoms with Crippen molar-refractivity contribution >= 4 is 5.91 Å². The SMILES string of the molecule is CC[C@H](Oc1ccc2c(c1)CCCC2)C(=O)N[C@@H](C)c1ccc(C)cc1. The standard InChI is InChI=1S/C23H29NO2/c1-4-22(23(25)24-17(3)18-11-9-16(2)10-12-18)26-21-14-13-19-7-5-6-8-20(19)15-21/h9-15,17,22H,4-8H2,1-3H3,(H,24,25)/t17-,22-/m0/s1. The molecule has 0 aliphatic heterocycles. The van der Waals surface area contributed by atoms with Crippen molar-refractivity contribution in [3.05, 3.63) is 64.7 Å². The number of hydrogen-bond acceptors (Lipinski definition) is 2. The van der Waals surface area contributed by atoms with Crippen molar-refractivity contribution in [1.29, 1.82) is 0 Å². The van der Waals surface area contributed by atoms with Crippen LogP contribution in [0.25, 0.3) is 0 Å². The lowest BCUT2D eigenvalue weighted by molar-refractivity contribution is -0.128. The third-order valence-corrected chi connectivity index (χ3v) is 5.20. The zero-order chi connectivity index (χ0) is 18.5. The lowest BCUT2D eigenvalue weighted by atomic mass is 9.92. The van der Waals surface area contributed by atoms with Gasteiger partial charge >= 0.3 is 0 Å². The molecule has 0 radical (unpaired) electrons. The maximum Gasteiger partial charge on any atom is 0.261 e. The summed E-state index contributed by atoms with van der Waals surface area (Å²) in [7, 11) is 0. The van der Waals surface area contributed by atoms with Gasteiger partial charge in [-0.25, -0.2) is 0 Å². The first-order chi connectivity index (χ1) is 12.6. The summed E-state index contributed by atoms with van der Waals surface area (Å²) in [6, 6.07) is 14.5. The van der Waals surface area contributed by atoms with Gasteiger partial charge in [0.1, 0.15) is 5.75 Å². The van der Waals surface area contributed by atoms with E-state index < -0.39 is 6.10 Å². The van der Waals surface area contributed by atoms with Crippen molar-refractivity contribution in [2.45, 2.75) is 65.0 Å². The number of amides is 1. The maximum absolute atomic E-state index is 12.7. The predicted molar refractivity (Wildman–Crippen MR) is 106 cm³/mol. The number of benzene rings is 2. The fourth-order valence-electron chi connectivity index (χ4n) is 3.51. The Morgan fingerprint density at radius 3 is 2.46 bits per heavy atom. The van der Waals surface area contributed by atoms with E-state index in [1.54, 1.807) is 0 Å². The van der Waals surface area contributed by atoms with Gasteiger partial charge in [0, 0.05) is 0 Å². The third kappa shape index (κ3) is 4.46. The van der Waals surface area contributed by atoms with Crippen LogP contribution in [-0.2, 0) is 17.6 Å². The van der Waals surface area contributed by atoms with Crippen LogP contribution in [0.1, 0.15) is 61.4 Å². The molecule has 0 saturated carbocycles. The second-order valence-electron chi connectivity index (χ2n) is 7.29. The Labute approximate surface area is 156 Å². The normalized spacial score (nSPS) is 15.7. The minimum Gasteiger partial charge on any atom is -0.481 e. The van der Waals surface area contributed by atoms with E-state index in [4.69, 9.17) is 4.74 Å². The summed E-state index contributed by atoms with van der Waals surface area (Å²) in [5.74, 6) is 0.744. The summed E-state index contributed by atoms with van der Waals surface area (Å²) >= 11 is 0. The summed E-state index contributed by atoms with van der Waals surface area (Å²) in [6.45, 7) is 6.06. The van der Waals surface area contributed by atoms with Crippen LogP contribution in [0.4, 0.5) is 0 Å². The van der Waals surface area contributed by atoms with Crippen LogP contribution in [-0.4, -0.2) is 12.0 Å². The van der Waals surface area contributed by atoms with Crippen LogP contribution in [0.2, 0.25) is 0 Å². The van der Waals surface area contributed by atoms with E-state index in [1.807, 2.05) is 19.9 Å². The monoisotopic (exact) mass is 351 g/mol. The summed E-state index contributed by atoms with van der Waals surface area (Å²) in [4.78, 5) is 12.7. The molecular formula is C23H29NO2. The van der Waals surface area contributed by atoms with Gasteiger partial charge in [-0.3, -0.25) is 4.79 Å². The molecule has 2 aromatic carbocycles. The largest absolute Gasteiger partial charge is 0.481 e. The molecule has 2 atom stereocenters. The van der Waals surface area contributed by atoms with Gasteiger partial charge < -0.3 is 10.1 Å². The Hall–Kier alpha value is -2.29. The fourth-order valence-corrected chi connectivity index (χ4v) is 3.51. The highest BCUT2D eigenvalue weighted by molar-refractivity contribution is 5.81. The lowest BCUT2D eigenvalue weighted by Crippen LogP contribution is -2.39. The molecule has 0 spiro atoms. The summed E-state index contributed by atoms with van der Waals surface area (Å²) in [5, 5.41) is 3.09. The number of hydrogen-bond donors (Lipinski definition) is 1. The van der Waals surface area contributed by atoms with Gasteiger partial charge in [-0.15, -0.1) is 0 Å². The summed E-state index contributed by atoms with van der Waals surface area (Å²) < 4.78 is 6.04. The Morgan fingerprint density at radius 2 is 1.77 bits per heavy atom. The van der Waals surface area contributed by atoms with Gasteiger partial charge in [0.15, 0.2) is 6.10 Å². The van der Waals surface area contributed by atoms with Crippen LogP contribution >= 0.6 is 0 Å². The average molecular weight is 351 g/mol. The molecule has 3 nitrogen and oxygen atoms in total. The molecule has 26 heavy (non-hydrogen) atoms. The number of fused-ring (bicyclic) bond motifs is 1. The number of carbonyl (C=O) groups is 1. The molecule has 0 heterocycles. The van der Waals surface area contributed by atoms with Gasteiger partial charge in [-0.2, -0.15) is 0 Å². The van der Waals surface area contributed by atoms with Crippen molar-refractivity contribution in [3.8, 4) is 5.75 Å². The zero-order valence-corrected chi connectivity index (χ0v) is 16.0. The van der Waals surface area contributed by atoms with Gasteiger partial charge in [0.25, 0.3) is 5.91 Å². The molecule has 1 N–H and O–H groups in total. The Morgan fingerprint density at radius 1 is 1.08 bits per heavy atom. The minimum atomic E-state index is -0.468. The van der Waals surface area contributed by atoms with Crippen LogP contribution in [0.3, 0.4) is 0 Å². The first kappa shape index (κ1) is 18.5. The lowest BCUT2D eigenvalue weighted by Gasteiger charge is -2.22. The Balaban J connectivity index is 1.64. The first-order valence-corrected chi connectivity index (χ1v) is 9.72. The minimum absolute atomic E-state index is 0.0377. The number of ether oxygens (including phenoxy) is 1. The molecule has 0 unspecified atom stereocenters. The molecule has 3 rings (SSSR count). The smallest absolute Gasteiger partial charge is 0.261 e.